The van der Waals surface area contributed by atoms with E-state index in [0.717, 1.165) is 44.9 Å². The number of hydrogen-bond acceptors (Lipinski definition) is 5. The highest BCUT2D eigenvalue weighted by atomic mass is 16.5. The van der Waals surface area contributed by atoms with Gasteiger partial charge in [-0.05, 0) is 83.5 Å². The maximum Gasteiger partial charge on any atom is 0.305 e. The van der Waals surface area contributed by atoms with Gasteiger partial charge >= 0.3 is 5.97 Å². The van der Waals surface area contributed by atoms with Gasteiger partial charge in [0.2, 0.25) is 5.91 Å². The summed E-state index contributed by atoms with van der Waals surface area (Å²) < 4.78 is 5.48. The van der Waals surface area contributed by atoms with Gasteiger partial charge in [-0.2, -0.15) is 0 Å². The number of unbranched alkanes of at least 4 members (excludes halogenated alkanes) is 60. The van der Waals surface area contributed by atoms with Gasteiger partial charge in [0.25, 0.3) is 0 Å². The Bertz CT molecular complexity index is 1410. The lowest BCUT2D eigenvalue weighted by Crippen LogP contribution is -2.45. The SMILES string of the molecule is CCCCC/C=C\CCCCCCCC(=O)OCCCCCCCCCCCCCCCC/C=C\CCCCCCCCCCCCCCCCCCCC(=O)NC(CO)C(O)/C=C/CCCCCCCCCCCCCCCCCCCCCCC. The van der Waals surface area contributed by atoms with E-state index in [1.807, 2.05) is 6.08 Å². The summed E-state index contributed by atoms with van der Waals surface area (Å²) >= 11 is 0. The van der Waals surface area contributed by atoms with E-state index in [1.165, 1.54) is 372 Å². The zero-order chi connectivity index (χ0) is 62.8. The molecule has 0 fully saturated rings. The number of nitrogens with one attached hydrogen (secondary N) is 1. The maximum absolute atomic E-state index is 12.6. The van der Waals surface area contributed by atoms with Crippen LogP contribution >= 0.6 is 0 Å². The zero-order valence-electron chi connectivity index (χ0n) is 59.0. The summed E-state index contributed by atoms with van der Waals surface area (Å²) in [6.45, 7) is 4.92. The second kappa shape index (κ2) is 76.5. The number of allylic oxidation sites excluding steroid dienone is 5. The quantitative estimate of drug-likeness (QED) is 0.0320. The highest BCUT2D eigenvalue weighted by Crippen LogP contribution is 2.20. The topological polar surface area (TPSA) is 95.9 Å². The Morgan fingerprint density at radius 3 is 0.839 bits per heavy atom. The molecule has 2 atom stereocenters. The van der Waals surface area contributed by atoms with Crippen LogP contribution in [-0.4, -0.2) is 47.4 Å². The Labute approximate surface area is 544 Å². The minimum Gasteiger partial charge on any atom is -0.466 e. The molecule has 0 spiro atoms. The average molecular weight is 1220 g/mol. The molecule has 514 valence electrons. The number of rotatable bonds is 75. The minimum absolute atomic E-state index is 0.0104. The Balaban J connectivity index is 3.37. The van der Waals surface area contributed by atoms with Crippen LogP contribution in [0.3, 0.4) is 0 Å². The zero-order valence-corrected chi connectivity index (χ0v) is 59.0. The first-order valence-electron chi connectivity index (χ1n) is 39.8. The molecule has 0 saturated carbocycles. The Hall–Kier alpha value is -1.92. The van der Waals surface area contributed by atoms with E-state index in [1.54, 1.807) is 6.08 Å². The number of hydrogen-bond donors (Lipinski definition) is 3. The number of ether oxygens (including phenoxy) is 1. The smallest absolute Gasteiger partial charge is 0.305 e. The van der Waals surface area contributed by atoms with Gasteiger partial charge in [0, 0.05) is 12.8 Å². The van der Waals surface area contributed by atoms with Crippen molar-refractivity contribution in [3.8, 4) is 0 Å². The molecule has 0 aromatic rings. The van der Waals surface area contributed by atoms with Crippen molar-refractivity contribution in [2.24, 2.45) is 0 Å². The summed E-state index contributed by atoms with van der Waals surface area (Å²) in [4.78, 5) is 24.6. The highest BCUT2D eigenvalue weighted by molar-refractivity contribution is 5.76. The number of carbonyl (C=O) groups is 2. The monoisotopic (exact) mass is 1220 g/mol. The second-order valence-electron chi connectivity index (χ2n) is 27.4. The predicted octanol–water partition coefficient (Wildman–Crippen LogP) is 26.2. The van der Waals surface area contributed by atoms with Crippen LogP contribution in [0.4, 0.5) is 0 Å². The third kappa shape index (κ3) is 73.0. The molecule has 2 unspecified atom stereocenters. The molecule has 0 rings (SSSR count). The van der Waals surface area contributed by atoms with E-state index < -0.39 is 12.1 Å². The van der Waals surface area contributed by atoms with Gasteiger partial charge in [-0.3, -0.25) is 9.59 Å². The second-order valence-corrected chi connectivity index (χ2v) is 27.4. The first-order valence-corrected chi connectivity index (χ1v) is 39.8. The summed E-state index contributed by atoms with van der Waals surface area (Å²) in [6.07, 6.45) is 99.9. The summed E-state index contributed by atoms with van der Waals surface area (Å²) in [7, 11) is 0. The van der Waals surface area contributed by atoms with Crippen molar-refractivity contribution < 1.29 is 24.5 Å². The van der Waals surface area contributed by atoms with Crippen LogP contribution in [0, 0.1) is 0 Å². The van der Waals surface area contributed by atoms with Crippen LogP contribution in [0.1, 0.15) is 444 Å². The van der Waals surface area contributed by atoms with Crippen molar-refractivity contribution >= 4 is 11.9 Å². The van der Waals surface area contributed by atoms with Crippen LogP contribution in [0.5, 0.6) is 0 Å². The number of carbonyl (C=O) groups excluding carboxylic acids is 2. The summed E-state index contributed by atoms with van der Waals surface area (Å²) in [5.41, 5.74) is 0. The maximum atomic E-state index is 12.6. The molecule has 0 saturated heterocycles. The van der Waals surface area contributed by atoms with Gasteiger partial charge in [-0.1, -0.05) is 384 Å². The molecule has 0 aromatic carbocycles. The largest absolute Gasteiger partial charge is 0.466 e. The molecule has 0 aliphatic rings. The van der Waals surface area contributed by atoms with Crippen LogP contribution in [0.2, 0.25) is 0 Å². The van der Waals surface area contributed by atoms with Crippen molar-refractivity contribution in [2.45, 2.75) is 456 Å². The van der Waals surface area contributed by atoms with Gasteiger partial charge in [0.15, 0.2) is 0 Å². The first kappa shape index (κ1) is 85.1. The normalized spacial score (nSPS) is 12.6. The summed E-state index contributed by atoms with van der Waals surface area (Å²) in [6, 6.07) is -0.627. The summed E-state index contributed by atoms with van der Waals surface area (Å²) in [5, 5.41) is 23.3. The Morgan fingerprint density at radius 2 is 0.540 bits per heavy atom. The van der Waals surface area contributed by atoms with Gasteiger partial charge in [-0.25, -0.2) is 0 Å². The van der Waals surface area contributed by atoms with E-state index in [0.29, 0.717) is 19.4 Å². The van der Waals surface area contributed by atoms with Gasteiger partial charge < -0.3 is 20.3 Å². The molecule has 6 nitrogen and oxygen atoms in total. The highest BCUT2D eigenvalue weighted by Gasteiger charge is 2.18. The van der Waals surface area contributed by atoms with Crippen molar-refractivity contribution in [3.05, 3.63) is 36.5 Å². The van der Waals surface area contributed by atoms with E-state index >= 15 is 0 Å². The molecular formula is C81H155NO5. The number of esters is 1. The minimum atomic E-state index is -0.843. The molecular weight excluding hydrogens is 1070 g/mol. The molecule has 0 aliphatic heterocycles. The fourth-order valence-corrected chi connectivity index (χ4v) is 12.6. The fraction of sp³-hybridized carbons (Fsp3) is 0.901. The molecule has 3 N–H and O–H groups in total. The van der Waals surface area contributed by atoms with Crippen LogP contribution < -0.4 is 5.32 Å². The van der Waals surface area contributed by atoms with Crippen molar-refractivity contribution in [1.82, 2.24) is 5.32 Å². The number of amides is 1. The van der Waals surface area contributed by atoms with Crippen molar-refractivity contribution in [3.63, 3.8) is 0 Å². The Morgan fingerprint density at radius 1 is 0.310 bits per heavy atom. The van der Waals surface area contributed by atoms with Gasteiger partial charge in [-0.15, -0.1) is 0 Å². The molecule has 0 aliphatic carbocycles. The lowest BCUT2D eigenvalue weighted by molar-refractivity contribution is -0.143. The van der Waals surface area contributed by atoms with E-state index in [9.17, 15) is 19.8 Å². The average Bonchev–Trinajstić information content (AvgIpc) is 3.53. The molecule has 1 amide bonds. The van der Waals surface area contributed by atoms with Crippen LogP contribution in [0.15, 0.2) is 36.5 Å². The standard InChI is InChI=1S/C81H155NO5/c1-3-5-7-9-11-13-15-17-18-19-20-21-35-38-41-44-47-50-53-57-61-65-69-73-79(84)78(77-83)82-80(85)74-70-66-62-58-54-51-48-45-42-39-36-33-31-29-27-25-23-22-24-26-28-30-32-34-37-40-43-46-49-52-56-60-64-68-72-76-87-81(86)75-71-67-63-59-55-16-14-12-10-8-6-4-2/h12,14,24,26,69,73,78-79,83-84H,3-11,13,15-23,25,27-68,70-72,74-77H2,1-2H3,(H,82,85)/b14-12-,26-24-,73-69+. The fourth-order valence-electron chi connectivity index (χ4n) is 12.6. The molecule has 87 heavy (non-hydrogen) atoms. The van der Waals surface area contributed by atoms with E-state index in [2.05, 4.69) is 43.5 Å². The molecule has 0 radical (unpaired) electrons. The van der Waals surface area contributed by atoms with E-state index in [-0.39, 0.29) is 18.5 Å². The lowest BCUT2D eigenvalue weighted by Gasteiger charge is -2.20. The molecule has 0 heterocycles. The molecule has 6 heteroatoms. The van der Waals surface area contributed by atoms with E-state index in [4.69, 9.17) is 4.74 Å². The van der Waals surface area contributed by atoms with Gasteiger partial charge in [0.1, 0.15) is 0 Å². The summed E-state index contributed by atoms with van der Waals surface area (Å²) in [5.74, 6) is -0.0491. The Kier molecular flexibility index (Phi) is 74.8. The van der Waals surface area contributed by atoms with Crippen molar-refractivity contribution in [1.29, 1.82) is 0 Å². The third-order valence-corrected chi connectivity index (χ3v) is 18.6. The number of aliphatic hydroxyl groups is 2. The molecule has 0 aromatic heterocycles. The predicted molar refractivity (Wildman–Crippen MR) is 384 cm³/mol. The number of aliphatic hydroxyl groups excluding tert-OH is 2. The lowest BCUT2D eigenvalue weighted by atomic mass is 10.0. The first-order chi connectivity index (χ1) is 43.0. The van der Waals surface area contributed by atoms with Gasteiger partial charge in [0.05, 0.1) is 25.4 Å². The molecule has 0 bridgehead atoms. The van der Waals surface area contributed by atoms with Crippen molar-refractivity contribution in [2.75, 3.05) is 13.2 Å². The van der Waals surface area contributed by atoms with Crippen LogP contribution in [0.25, 0.3) is 0 Å². The van der Waals surface area contributed by atoms with Crippen LogP contribution in [-0.2, 0) is 14.3 Å². The third-order valence-electron chi connectivity index (χ3n) is 18.6.